The third-order valence-corrected chi connectivity index (χ3v) is 5.20. The van der Waals surface area contributed by atoms with E-state index in [1.165, 1.54) is 0 Å². The molecule has 1 aliphatic rings. The highest BCUT2D eigenvalue weighted by Gasteiger charge is 2.22. The molecule has 1 N–H and O–H groups in total. The maximum absolute atomic E-state index is 12.5. The van der Waals surface area contributed by atoms with E-state index >= 15 is 0 Å². The summed E-state index contributed by atoms with van der Waals surface area (Å²) in [6.45, 7) is 6.33. The van der Waals surface area contributed by atoms with Crippen molar-refractivity contribution >= 4 is 23.4 Å². The van der Waals surface area contributed by atoms with Crippen molar-refractivity contribution in [3.05, 3.63) is 65.2 Å². The van der Waals surface area contributed by atoms with Crippen LogP contribution in [0.3, 0.4) is 0 Å². The highest BCUT2D eigenvalue weighted by Crippen LogP contribution is 2.22. The first-order valence-corrected chi connectivity index (χ1v) is 10.1. The molecule has 1 heterocycles. The van der Waals surface area contributed by atoms with Gasteiger partial charge in [0.2, 0.25) is 5.91 Å². The molecule has 0 saturated carbocycles. The lowest BCUT2D eigenvalue weighted by Gasteiger charge is -2.18. The van der Waals surface area contributed by atoms with Crippen LogP contribution in [0, 0.1) is 0 Å². The van der Waals surface area contributed by atoms with Crippen LogP contribution in [-0.2, 0) is 11.3 Å². The van der Waals surface area contributed by atoms with Crippen molar-refractivity contribution in [1.82, 2.24) is 10.2 Å². The summed E-state index contributed by atoms with van der Waals surface area (Å²) in [5.74, 6) is -0.0810. The Morgan fingerprint density at radius 1 is 1.03 bits per heavy atom. The van der Waals surface area contributed by atoms with Gasteiger partial charge in [0.25, 0.3) is 11.8 Å². The number of amides is 3. The first-order valence-electron chi connectivity index (χ1n) is 10.1. The number of carbonyl (C=O) groups excluding carboxylic acids is 3. The number of benzene rings is 2. The Morgan fingerprint density at radius 2 is 1.76 bits per heavy atom. The second kappa shape index (κ2) is 9.37. The van der Waals surface area contributed by atoms with E-state index in [2.05, 4.69) is 5.32 Å². The highest BCUT2D eigenvalue weighted by atomic mass is 16.2. The van der Waals surface area contributed by atoms with E-state index in [4.69, 9.17) is 0 Å². The molecule has 0 radical (unpaired) electrons. The monoisotopic (exact) mass is 393 g/mol. The van der Waals surface area contributed by atoms with E-state index in [-0.39, 0.29) is 17.7 Å². The molecule has 3 rings (SSSR count). The van der Waals surface area contributed by atoms with Gasteiger partial charge in [-0.05, 0) is 56.2 Å². The predicted molar refractivity (Wildman–Crippen MR) is 113 cm³/mol. The minimum atomic E-state index is -0.193. The lowest BCUT2D eigenvalue weighted by atomic mass is 10.1. The van der Waals surface area contributed by atoms with Crippen molar-refractivity contribution < 1.29 is 14.4 Å². The molecule has 6 heteroatoms. The van der Waals surface area contributed by atoms with Crippen molar-refractivity contribution in [2.45, 2.75) is 33.2 Å². The molecule has 0 atom stereocenters. The number of anilines is 1. The number of nitrogens with zero attached hydrogens (tertiary/aromatic N) is 2. The molecule has 6 nitrogen and oxygen atoms in total. The van der Waals surface area contributed by atoms with E-state index in [1.807, 2.05) is 32.0 Å². The van der Waals surface area contributed by atoms with Crippen LogP contribution in [0.25, 0.3) is 0 Å². The molecule has 0 aromatic heterocycles. The molecule has 0 unspecified atom stereocenters. The maximum atomic E-state index is 12.5. The Bertz CT molecular complexity index is 888. The summed E-state index contributed by atoms with van der Waals surface area (Å²) in [6.07, 6.45) is 1.41. The largest absolute Gasteiger partial charge is 0.348 e. The van der Waals surface area contributed by atoms with Gasteiger partial charge in [0.15, 0.2) is 0 Å². The molecular weight excluding hydrogens is 366 g/mol. The van der Waals surface area contributed by atoms with Gasteiger partial charge in [-0.25, -0.2) is 0 Å². The fraction of sp³-hybridized carbons (Fsp3) is 0.348. The van der Waals surface area contributed by atoms with Gasteiger partial charge in [-0.15, -0.1) is 0 Å². The molecule has 0 spiro atoms. The van der Waals surface area contributed by atoms with Gasteiger partial charge in [-0.2, -0.15) is 0 Å². The van der Waals surface area contributed by atoms with E-state index in [9.17, 15) is 14.4 Å². The third-order valence-electron chi connectivity index (χ3n) is 5.20. The Hall–Kier alpha value is -3.15. The standard InChI is InChI=1S/C23H27N3O3/c1-3-25(4-2)23(29)18-12-10-17(11-13-18)16-24-22(28)19-7-5-8-20(15-19)26-14-6-9-21(26)27/h5,7-8,10-13,15H,3-4,6,9,14,16H2,1-2H3,(H,24,28). The lowest BCUT2D eigenvalue weighted by Crippen LogP contribution is -2.30. The van der Waals surface area contributed by atoms with Gasteiger partial charge in [0, 0.05) is 49.4 Å². The van der Waals surface area contributed by atoms with Gasteiger partial charge >= 0.3 is 0 Å². The fourth-order valence-electron chi connectivity index (χ4n) is 3.48. The molecule has 152 valence electrons. The zero-order chi connectivity index (χ0) is 20.8. The average molecular weight is 393 g/mol. The summed E-state index contributed by atoms with van der Waals surface area (Å²) in [5, 5.41) is 2.90. The Labute approximate surface area is 171 Å². The fourth-order valence-corrected chi connectivity index (χ4v) is 3.48. The van der Waals surface area contributed by atoms with Gasteiger partial charge < -0.3 is 15.1 Å². The molecule has 1 aliphatic heterocycles. The molecule has 2 aromatic carbocycles. The molecule has 1 fully saturated rings. The predicted octanol–water partition coefficient (Wildman–Crippen LogP) is 3.23. The van der Waals surface area contributed by atoms with Crippen LogP contribution in [-0.4, -0.2) is 42.3 Å². The summed E-state index contributed by atoms with van der Waals surface area (Å²) >= 11 is 0. The average Bonchev–Trinajstić information content (AvgIpc) is 3.19. The van der Waals surface area contributed by atoms with Gasteiger partial charge in [-0.1, -0.05) is 18.2 Å². The highest BCUT2D eigenvalue weighted by molar-refractivity contribution is 5.99. The first kappa shape index (κ1) is 20.6. The van der Waals surface area contributed by atoms with Crippen LogP contribution in [0.5, 0.6) is 0 Å². The number of hydrogen-bond acceptors (Lipinski definition) is 3. The smallest absolute Gasteiger partial charge is 0.253 e. The quantitative estimate of drug-likeness (QED) is 0.785. The van der Waals surface area contributed by atoms with Crippen LogP contribution in [0.1, 0.15) is 53.0 Å². The van der Waals surface area contributed by atoms with Crippen molar-refractivity contribution in [2.24, 2.45) is 0 Å². The number of nitrogens with one attached hydrogen (secondary N) is 1. The van der Waals surface area contributed by atoms with Crippen molar-refractivity contribution in [3.63, 3.8) is 0 Å². The van der Waals surface area contributed by atoms with Crippen LogP contribution in [0.15, 0.2) is 48.5 Å². The van der Waals surface area contributed by atoms with Crippen LogP contribution < -0.4 is 10.2 Å². The number of carbonyl (C=O) groups is 3. The summed E-state index contributed by atoms with van der Waals surface area (Å²) in [4.78, 5) is 40.3. The van der Waals surface area contributed by atoms with Crippen molar-refractivity contribution in [2.75, 3.05) is 24.5 Å². The van der Waals surface area contributed by atoms with Crippen LogP contribution in [0.4, 0.5) is 5.69 Å². The van der Waals surface area contributed by atoms with E-state index in [0.717, 1.165) is 17.7 Å². The van der Waals surface area contributed by atoms with Gasteiger partial charge in [-0.3, -0.25) is 14.4 Å². The molecule has 1 saturated heterocycles. The number of rotatable bonds is 7. The lowest BCUT2D eigenvalue weighted by molar-refractivity contribution is -0.117. The normalized spacial score (nSPS) is 13.4. The summed E-state index contributed by atoms with van der Waals surface area (Å²) in [6, 6.07) is 14.4. The third kappa shape index (κ3) is 4.83. The molecular formula is C23H27N3O3. The molecule has 0 aliphatic carbocycles. The van der Waals surface area contributed by atoms with E-state index in [1.54, 1.807) is 40.1 Å². The molecule has 29 heavy (non-hydrogen) atoms. The zero-order valence-electron chi connectivity index (χ0n) is 17.0. The maximum Gasteiger partial charge on any atom is 0.253 e. The van der Waals surface area contributed by atoms with Crippen LogP contribution in [0.2, 0.25) is 0 Å². The summed E-state index contributed by atoms with van der Waals surface area (Å²) in [7, 11) is 0. The van der Waals surface area contributed by atoms with Gasteiger partial charge in [0.05, 0.1) is 0 Å². The van der Waals surface area contributed by atoms with Crippen LogP contribution >= 0.6 is 0 Å². The minimum absolute atomic E-state index is 0.0128. The molecule has 2 aromatic rings. The van der Waals surface area contributed by atoms with E-state index in [0.29, 0.717) is 43.7 Å². The Balaban J connectivity index is 1.61. The first-order chi connectivity index (χ1) is 14.0. The van der Waals surface area contributed by atoms with E-state index < -0.39 is 0 Å². The Kier molecular flexibility index (Phi) is 6.65. The zero-order valence-corrected chi connectivity index (χ0v) is 17.0. The van der Waals surface area contributed by atoms with Gasteiger partial charge in [0.1, 0.15) is 0 Å². The number of hydrogen-bond donors (Lipinski definition) is 1. The second-order valence-corrected chi connectivity index (χ2v) is 7.06. The summed E-state index contributed by atoms with van der Waals surface area (Å²) < 4.78 is 0. The van der Waals surface area contributed by atoms with Crippen molar-refractivity contribution in [3.8, 4) is 0 Å². The van der Waals surface area contributed by atoms with Crippen molar-refractivity contribution in [1.29, 1.82) is 0 Å². The topological polar surface area (TPSA) is 69.7 Å². The second-order valence-electron chi connectivity index (χ2n) is 7.06. The minimum Gasteiger partial charge on any atom is -0.348 e. The summed E-state index contributed by atoms with van der Waals surface area (Å²) in [5.41, 5.74) is 2.85. The Morgan fingerprint density at radius 3 is 2.38 bits per heavy atom. The molecule has 3 amide bonds. The SMILES string of the molecule is CCN(CC)C(=O)c1ccc(CNC(=O)c2cccc(N3CCCC3=O)c2)cc1. The molecule has 0 bridgehead atoms.